The van der Waals surface area contributed by atoms with Gasteiger partial charge in [0.2, 0.25) is 0 Å². The molecule has 2 N–H and O–H groups in total. The van der Waals surface area contributed by atoms with Crippen LogP contribution in [0.4, 0.5) is 0 Å². The van der Waals surface area contributed by atoms with Gasteiger partial charge in [0.1, 0.15) is 6.10 Å². The van der Waals surface area contributed by atoms with Gasteiger partial charge >= 0.3 is 12.4 Å². The van der Waals surface area contributed by atoms with Crippen LogP contribution in [0.3, 0.4) is 0 Å². The Labute approximate surface area is 143 Å². The van der Waals surface area contributed by atoms with Gasteiger partial charge in [-0.15, -0.1) is 0 Å². The summed E-state index contributed by atoms with van der Waals surface area (Å²) in [6, 6.07) is 0. The molecule has 1 saturated heterocycles. The van der Waals surface area contributed by atoms with Crippen molar-refractivity contribution in [2.24, 2.45) is 0 Å². The highest BCUT2D eigenvalue weighted by atomic mass is 32.5. The lowest BCUT2D eigenvalue weighted by Gasteiger charge is -2.37. The van der Waals surface area contributed by atoms with Crippen molar-refractivity contribution >= 4 is 18.5 Å². The summed E-state index contributed by atoms with van der Waals surface area (Å²) in [5.41, 5.74) is -0.713. The number of nitrogens with zero attached hydrogens (tertiary/aromatic N) is 1. The Hall–Kier alpha value is -0.870. The van der Waals surface area contributed by atoms with Crippen molar-refractivity contribution in [1.82, 2.24) is 9.55 Å². The highest BCUT2D eigenvalue weighted by Gasteiger charge is 2.35. The van der Waals surface area contributed by atoms with Crippen LogP contribution in [-0.2, 0) is 30.3 Å². The molecule has 1 aromatic rings. The van der Waals surface area contributed by atoms with E-state index < -0.39 is 30.3 Å². The second-order valence-corrected chi connectivity index (χ2v) is 8.30. The van der Waals surface area contributed by atoms with E-state index in [2.05, 4.69) is 4.98 Å². The summed E-state index contributed by atoms with van der Waals surface area (Å²) in [5.74, 6) is 0. The number of ether oxygens (including phenoxy) is 2. The Morgan fingerprint density at radius 2 is 2.25 bits per heavy atom. The Kier molecular flexibility index (Phi) is 6.49. The summed E-state index contributed by atoms with van der Waals surface area (Å²) >= 11 is 4.79. The average Bonchev–Trinajstić information content (AvgIpc) is 2.56. The zero-order chi connectivity index (χ0) is 17.9. The summed E-state index contributed by atoms with van der Waals surface area (Å²) < 4.78 is 22.8. The van der Waals surface area contributed by atoms with Crippen molar-refractivity contribution in [3.05, 3.63) is 32.6 Å². The highest BCUT2D eigenvalue weighted by molar-refractivity contribution is 8.07. The number of aromatic amines is 1. The first kappa shape index (κ1) is 19.5. The molecular formula is C13H21N2O7PS. The highest BCUT2D eigenvalue weighted by Crippen LogP contribution is 2.43. The lowest BCUT2D eigenvalue weighted by Crippen LogP contribution is -2.47. The van der Waals surface area contributed by atoms with E-state index in [1.807, 2.05) is 6.92 Å². The summed E-state index contributed by atoms with van der Waals surface area (Å²) in [4.78, 5) is 35.6. The molecule has 0 aromatic carbocycles. The van der Waals surface area contributed by atoms with E-state index >= 15 is 0 Å². The van der Waals surface area contributed by atoms with Gasteiger partial charge in [-0.25, -0.2) is 4.79 Å². The van der Waals surface area contributed by atoms with Gasteiger partial charge in [-0.3, -0.25) is 14.3 Å². The monoisotopic (exact) mass is 380 g/mol. The molecule has 0 saturated carbocycles. The summed E-state index contributed by atoms with van der Waals surface area (Å²) in [6.07, 6.45) is 0.382. The van der Waals surface area contributed by atoms with Crippen molar-refractivity contribution in [2.45, 2.75) is 38.7 Å². The molecule has 2 rings (SSSR count). The van der Waals surface area contributed by atoms with Crippen LogP contribution in [0.15, 0.2) is 15.8 Å². The molecular weight excluding hydrogens is 359 g/mol. The van der Waals surface area contributed by atoms with E-state index in [1.54, 1.807) is 6.92 Å². The van der Waals surface area contributed by atoms with Crippen LogP contribution in [0.5, 0.6) is 0 Å². The molecule has 4 atom stereocenters. The van der Waals surface area contributed by atoms with Gasteiger partial charge in [-0.1, -0.05) is 6.92 Å². The Balaban J connectivity index is 2.29. The molecule has 9 nitrogen and oxygen atoms in total. The zero-order valence-electron chi connectivity index (χ0n) is 13.6. The van der Waals surface area contributed by atoms with E-state index in [0.29, 0.717) is 18.6 Å². The molecule has 1 aliphatic heterocycles. The number of hydrogen-bond acceptors (Lipinski definition) is 7. The predicted octanol–water partition coefficient (Wildman–Crippen LogP) is 0.417. The van der Waals surface area contributed by atoms with E-state index in [-0.39, 0.29) is 12.7 Å². The minimum Gasteiger partial charge on any atom is -0.368 e. The standard InChI is InChI=1S/C13H21N2O7PS/c1-4-9-6-20-10(7-21-23(18,24)19-3)12(22-9)15-5-8(2)11(16)14-13(15)17/h5,9-10,12H,4,6-7H2,1-3H3,(H,18,24)(H,14,16,17)/t9?,10-,12+,23?/m0/s1. The SMILES string of the molecule is CCC1CO[C@@H](COP(O)(=S)OC)[C@H](n2cc(C)c(=O)[nH]c2=O)O1. The molecule has 0 spiro atoms. The fraction of sp³-hybridized carbons (Fsp3) is 0.692. The van der Waals surface area contributed by atoms with E-state index in [9.17, 15) is 14.5 Å². The maximum atomic E-state index is 12.1. The maximum absolute atomic E-state index is 12.1. The van der Waals surface area contributed by atoms with Gasteiger partial charge in [0.05, 0.1) is 19.3 Å². The second-order valence-electron chi connectivity index (χ2n) is 5.35. The molecule has 11 heteroatoms. The van der Waals surface area contributed by atoms with Crippen LogP contribution >= 0.6 is 6.72 Å². The number of rotatable bonds is 6. The fourth-order valence-electron chi connectivity index (χ4n) is 2.22. The summed E-state index contributed by atoms with van der Waals surface area (Å²) in [6.45, 7) is 0.359. The lowest BCUT2D eigenvalue weighted by molar-refractivity contribution is -0.218. The van der Waals surface area contributed by atoms with Gasteiger partial charge < -0.3 is 23.4 Å². The number of H-pyrrole nitrogens is 1. The number of aromatic nitrogens is 2. The summed E-state index contributed by atoms with van der Waals surface area (Å²) in [5, 5.41) is 0. The van der Waals surface area contributed by atoms with Gasteiger partial charge in [-0.2, -0.15) is 0 Å². The molecule has 1 aromatic heterocycles. The molecule has 1 aliphatic rings. The third-order valence-corrected chi connectivity index (χ3v) is 5.35. The quantitative estimate of drug-likeness (QED) is 0.683. The first-order valence-electron chi connectivity index (χ1n) is 7.39. The Morgan fingerprint density at radius 3 is 2.88 bits per heavy atom. The third kappa shape index (κ3) is 4.60. The second kappa shape index (κ2) is 8.01. The predicted molar refractivity (Wildman–Crippen MR) is 89.5 cm³/mol. The first-order chi connectivity index (χ1) is 11.3. The minimum atomic E-state index is -3.36. The fourth-order valence-corrected chi connectivity index (χ4v) is 2.85. The summed E-state index contributed by atoms with van der Waals surface area (Å²) in [7, 11) is 1.25. The van der Waals surface area contributed by atoms with E-state index in [4.69, 9.17) is 30.3 Å². The van der Waals surface area contributed by atoms with E-state index in [1.165, 1.54) is 17.9 Å². The molecule has 24 heavy (non-hydrogen) atoms. The molecule has 2 heterocycles. The van der Waals surface area contributed by atoms with Crippen LogP contribution < -0.4 is 11.2 Å². The molecule has 0 bridgehead atoms. The largest absolute Gasteiger partial charge is 0.368 e. The van der Waals surface area contributed by atoms with Crippen LogP contribution in [0, 0.1) is 6.92 Å². The topological polar surface area (TPSA) is 112 Å². The van der Waals surface area contributed by atoms with Crippen LogP contribution in [0.2, 0.25) is 0 Å². The van der Waals surface area contributed by atoms with Crippen molar-refractivity contribution < 1.29 is 23.4 Å². The lowest BCUT2D eigenvalue weighted by atomic mass is 10.2. The average molecular weight is 380 g/mol. The van der Waals surface area contributed by atoms with Crippen LogP contribution in [0.1, 0.15) is 25.1 Å². The molecule has 2 unspecified atom stereocenters. The number of nitrogens with one attached hydrogen (secondary N) is 1. The van der Waals surface area contributed by atoms with Gasteiger partial charge in [0, 0.05) is 18.9 Å². The molecule has 136 valence electrons. The molecule has 0 aliphatic carbocycles. The Bertz CT molecular complexity index is 734. The normalized spacial score (nSPS) is 26.9. The maximum Gasteiger partial charge on any atom is 0.330 e. The van der Waals surface area contributed by atoms with Crippen LogP contribution in [-0.4, -0.2) is 47.0 Å². The van der Waals surface area contributed by atoms with Gasteiger partial charge in [0.15, 0.2) is 6.23 Å². The van der Waals surface area contributed by atoms with Crippen molar-refractivity contribution in [2.75, 3.05) is 20.3 Å². The van der Waals surface area contributed by atoms with Crippen molar-refractivity contribution in [1.29, 1.82) is 0 Å². The Morgan fingerprint density at radius 1 is 1.54 bits per heavy atom. The number of aryl methyl sites for hydroxylation is 1. The molecule has 0 amide bonds. The molecule has 1 fully saturated rings. The first-order valence-corrected chi connectivity index (χ1v) is 9.98. The third-order valence-electron chi connectivity index (χ3n) is 3.65. The van der Waals surface area contributed by atoms with Gasteiger partial charge in [0.25, 0.3) is 5.56 Å². The zero-order valence-corrected chi connectivity index (χ0v) is 15.3. The minimum absolute atomic E-state index is 0.118. The molecule has 0 radical (unpaired) electrons. The van der Waals surface area contributed by atoms with E-state index in [0.717, 1.165) is 0 Å². The number of hydrogen-bond donors (Lipinski definition) is 2. The van der Waals surface area contributed by atoms with Gasteiger partial charge in [-0.05, 0) is 25.2 Å². The van der Waals surface area contributed by atoms with Crippen molar-refractivity contribution in [3.63, 3.8) is 0 Å². The smallest absolute Gasteiger partial charge is 0.330 e. The van der Waals surface area contributed by atoms with Crippen LogP contribution in [0.25, 0.3) is 0 Å². The van der Waals surface area contributed by atoms with Crippen molar-refractivity contribution in [3.8, 4) is 0 Å².